The summed E-state index contributed by atoms with van der Waals surface area (Å²) in [6, 6.07) is 4.90. The number of rotatable bonds is 7. The van der Waals surface area contributed by atoms with E-state index in [1.807, 2.05) is 12.2 Å². The van der Waals surface area contributed by atoms with E-state index >= 15 is 0 Å². The number of halogens is 3. The average Bonchev–Trinajstić information content (AvgIpc) is 2.88. The van der Waals surface area contributed by atoms with Gasteiger partial charge in [-0.1, -0.05) is 24.3 Å². The molecule has 1 unspecified atom stereocenters. The summed E-state index contributed by atoms with van der Waals surface area (Å²) in [7, 11) is 0. The third kappa shape index (κ3) is 5.13. The number of alkyl halides is 3. The lowest BCUT2D eigenvalue weighted by Crippen LogP contribution is -2.17. The van der Waals surface area contributed by atoms with Crippen molar-refractivity contribution in [2.45, 2.75) is 38.0 Å². The maximum atomic E-state index is 12.6. The Morgan fingerprint density at radius 2 is 2.08 bits per heavy atom. The second-order valence-corrected chi connectivity index (χ2v) is 6.09. The van der Waals surface area contributed by atoms with Gasteiger partial charge in [0.05, 0.1) is 18.3 Å². The number of aliphatic hydroxyl groups is 1. The summed E-state index contributed by atoms with van der Waals surface area (Å²) >= 11 is 0. The number of ether oxygens (including phenoxy) is 1. The summed E-state index contributed by atoms with van der Waals surface area (Å²) in [4.78, 5) is 0. The van der Waals surface area contributed by atoms with E-state index in [1.165, 1.54) is 12.1 Å². The van der Waals surface area contributed by atoms with Gasteiger partial charge in [0.25, 0.3) is 0 Å². The molecule has 1 saturated carbocycles. The second kappa shape index (κ2) is 8.38. The molecular formula is C19H23F3O2. The van der Waals surface area contributed by atoms with E-state index in [4.69, 9.17) is 4.74 Å². The lowest BCUT2D eigenvalue weighted by Gasteiger charge is -2.17. The van der Waals surface area contributed by atoms with Gasteiger partial charge in [-0.25, -0.2) is 0 Å². The van der Waals surface area contributed by atoms with Gasteiger partial charge in [0, 0.05) is 0 Å². The molecule has 0 aliphatic heterocycles. The first kappa shape index (κ1) is 18.6. The predicted octanol–water partition coefficient (Wildman–Crippen LogP) is 4.99. The molecule has 0 spiro atoms. The molecule has 2 rings (SSSR count). The van der Waals surface area contributed by atoms with Crippen LogP contribution in [-0.2, 0) is 6.18 Å². The summed E-state index contributed by atoms with van der Waals surface area (Å²) in [5.41, 5.74) is -0.706. The highest BCUT2D eigenvalue weighted by Crippen LogP contribution is 2.35. The zero-order valence-corrected chi connectivity index (χ0v) is 13.5. The Balaban J connectivity index is 1.80. The number of hydrogen-bond acceptors (Lipinski definition) is 2. The van der Waals surface area contributed by atoms with Crippen LogP contribution in [0.3, 0.4) is 0 Å². The molecule has 132 valence electrons. The Bertz CT molecular complexity index is 566. The second-order valence-electron chi connectivity index (χ2n) is 6.09. The molecule has 5 heteroatoms. The number of aliphatic hydroxyl groups excluding tert-OH is 1. The molecule has 1 aliphatic carbocycles. The fraction of sp³-hybridized carbons (Fsp3) is 0.474. The van der Waals surface area contributed by atoms with Crippen molar-refractivity contribution in [1.29, 1.82) is 0 Å². The van der Waals surface area contributed by atoms with Gasteiger partial charge in [-0.3, -0.25) is 0 Å². The number of allylic oxidation sites excluding steroid dienone is 2. The molecule has 0 amide bonds. The third-order valence-electron chi connectivity index (χ3n) is 4.38. The van der Waals surface area contributed by atoms with Crippen LogP contribution in [0.15, 0.2) is 49.1 Å². The molecule has 1 N–H and O–H groups in total. The molecule has 1 aliphatic rings. The average molecular weight is 340 g/mol. The Labute approximate surface area is 140 Å². The Kier molecular flexibility index (Phi) is 6.49. The van der Waals surface area contributed by atoms with Gasteiger partial charge < -0.3 is 9.84 Å². The van der Waals surface area contributed by atoms with Crippen molar-refractivity contribution in [3.8, 4) is 5.75 Å². The van der Waals surface area contributed by atoms with Crippen molar-refractivity contribution in [2.24, 2.45) is 11.8 Å². The Morgan fingerprint density at radius 1 is 1.29 bits per heavy atom. The van der Waals surface area contributed by atoms with Crippen LogP contribution in [0.1, 0.15) is 31.2 Å². The fourth-order valence-electron chi connectivity index (χ4n) is 3.12. The summed E-state index contributed by atoms with van der Waals surface area (Å²) in [6.45, 7) is 4.04. The van der Waals surface area contributed by atoms with Gasteiger partial charge in [0.1, 0.15) is 5.75 Å². The molecule has 0 saturated heterocycles. The van der Waals surface area contributed by atoms with Crippen molar-refractivity contribution >= 4 is 0 Å². The molecule has 3 atom stereocenters. The zero-order chi connectivity index (χ0) is 17.6. The molecule has 1 aromatic rings. The van der Waals surface area contributed by atoms with E-state index in [-0.39, 0.29) is 17.8 Å². The lowest BCUT2D eigenvalue weighted by atomic mass is 9.91. The lowest BCUT2D eigenvalue weighted by molar-refractivity contribution is -0.137. The highest BCUT2D eigenvalue weighted by molar-refractivity contribution is 5.30. The zero-order valence-electron chi connectivity index (χ0n) is 13.5. The van der Waals surface area contributed by atoms with E-state index in [0.717, 1.165) is 31.4 Å². The molecule has 24 heavy (non-hydrogen) atoms. The topological polar surface area (TPSA) is 29.5 Å². The van der Waals surface area contributed by atoms with Crippen LogP contribution in [0.4, 0.5) is 13.2 Å². The summed E-state index contributed by atoms with van der Waals surface area (Å²) in [5, 5.41) is 9.94. The van der Waals surface area contributed by atoms with Gasteiger partial charge in [-0.15, -0.1) is 6.58 Å². The van der Waals surface area contributed by atoms with Crippen LogP contribution < -0.4 is 4.74 Å². The summed E-state index contributed by atoms with van der Waals surface area (Å²) in [6.07, 6.45) is 4.41. The highest BCUT2D eigenvalue weighted by atomic mass is 19.4. The first-order valence-electron chi connectivity index (χ1n) is 8.17. The van der Waals surface area contributed by atoms with Crippen LogP contribution in [0.25, 0.3) is 0 Å². The van der Waals surface area contributed by atoms with Gasteiger partial charge >= 0.3 is 6.18 Å². The van der Waals surface area contributed by atoms with Gasteiger partial charge in [0.15, 0.2) is 0 Å². The van der Waals surface area contributed by atoms with Crippen LogP contribution in [-0.4, -0.2) is 17.8 Å². The predicted molar refractivity (Wildman–Crippen MR) is 87.7 cm³/mol. The summed E-state index contributed by atoms with van der Waals surface area (Å²) < 4.78 is 43.2. The molecule has 2 nitrogen and oxygen atoms in total. The molecule has 1 aromatic carbocycles. The minimum atomic E-state index is -4.36. The minimum absolute atomic E-state index is 0.211. The first-order valence-corrected chi connectivity index (χ1v) is 8.17. The molecular weight excluding hydrogens is 317 g/mol. The van der Waals surface area contributed by atoms with Gasteiger partial charge in [-0.05, 0) is 55.7 Å². The highest BCUT2D eigenvalue weighted by Gasteiger charge is 2.32. The van der Waals surface area contributed by atoms with Crippen LogP contribution >= 0.6 is 0 Å². The Morgan fingerprint density at radius 3 is 2.79 bits per heavy atom. The maximum Gasteiger partial charge on any atom is 0.416 e. The van der Waals surface area contributed by atoms with Crippen LogP contribution in [0, 0.1) is 11.8 Å². The molecule has 0 aromatic heterocycles. The van der Waals surface area contributed by atoms with Crippen molar-refractivity contribution in [3.05, 3.63) is 54.6 Å². The summed E-state index contributed by atoms with van der Waals surface area (Å²) in [5.74, 6) is 0.758. The molecule has 0 bridgehead atoms. The van der Waals surface area contributed by atoms with E-state index in [9.17, 15) is 18.3 Å². The van der Waals surface area contributed by atoms with E-state index < -0.39 is 11.7 Å². The van der Waals surface area contributed by atoms with Crippen molar-refractivity contribution in [3.63, 3.8) is 0 Å². The van der Waals surface area contributed by atoms with Crippen molar-refractivity contribution < 1.29 is 23.0 Å². The molecule has 1 fully saturated rings. The monoisotopic (exact) mass is 340 g/mol. The third-order valence-corrected chi connectivity index (χ3v) is 4.38. The standard InChI is InChI=1S/C19H23F3O2/c1-2-6-17-14(10-11-18(17)23)7-3-4-12-24-16-9-5-8-15(13-16)19(20,21)22/h2-3,5,7-9,13-14,17-18,23H,1,4,6,10-12H2/b7-3+/t14?,17-,18+/m1/s1. The Hall–Kier alpha value is -1.75. The van der Waals surface area contributed by atoms with Crippen molar-refractivity contribution in [2.75, 3.05) is 6.61 Å². The largest absolute Gasteiger partial charge is 0.493 e. The van der Waals surface area contributed by atoms with Gasteiger partial charge in [-0.2, -0.15) is 13.2 Å². The first-order chi connectivity index (χ1) is 11.4. The van der Waals surface area contributed by atoms with Crippen LogP contribution in [0.2, 0.25) is 0 Å². The quantitative estimate of drug-likeness (QED) is 0.559. The normalized spacial score (nSPS) is 24.4. The van der Waals surface area contributed by atoms with Crippen molar-refractivity contribution in [1.82, 2.24) is 0 Å². The van der Waals surface area contributed by atoms with E-state index in [1.54, 1.807) is 0 Å². The number of benzene rings is 1. The SMILES string of the molecule is C=CC[C@@H]1C(/C=C/CCOc2cccc(C(F)(F)F)c2)CC[C@@H]1O. The van der Waals surface area contributed by atoms with E-state index in [2.05, 4.69) is 12.7 Å². The number of hydrogen-bond donors (Lipinski definition) is 1. The van der Waals surface area contributed by atoms with E-state index in [0.29, 0.717) is 18.9 Å². The molecule has 0 heterocycles. The smallest absolute Gasteiger partial charge is 0.416 e. The van der Waals surface area contributed by atoms with Gasteiger partial charge in [0.2, 0.25) is 0 Å². The van der Waals surface area contributed by atoms with Crippen LogP contribution in [0.5, 0.6) is 5.75 Å². The maximum absolute atomic E-state index is 12.6. The fourth-order valence-corrected chi connectivity index (χ4v) is 3.12. The minimum Gasteiger partial charge on any atom is -0.493 e. The molecule has 0 radical (unpaired) electrons.